The summed E-state index contributed by atoms with van der Waals surface area (Å²) in [4.78, 5) is 8.71. The fourth-order valence-electron chi connectivity index (χ4n) is 2.09. The Bertz CT molecular complexity index is 458. The predicted molar refractivity (Wildman–Crippen MR) is 67.7 cm³/mol. The lowest BCUT2D eigenvalue weighted by atomic mass is 9.93. The quantitative estimate of drug-likeness (QED) is 0.758. The Labute approximate surface area is 96.7 Å². The van der Waals surface area contributed by atoms with Crippen LogP contribution in [-0.4, -0.2) is 9.97 Å². The molecule has 0 aliphatic rings. The zero-order valence-electron chi connectivity index (χ0n) is 10.4. The van der Waals surface area contributed by atoms with Gasteiger partial charge in [0.2, 0.25) is 0 Å². The molecule has 0 spiro atoms. The first-order chi connectivity index (χ1) is 7.61. The molecule has 84 valence electrons. The van der Waals surface area contributed by atoms with E-state index in [9.17, 15) is 0 Å². The van der Waals surface area contributed by atoms with Gasteiger partial charge in [-0.3, -0.25) is 0 Å². The van der Waals surface area contributed by atoms with Gasteiger partial charge in [-0.2, -0.15) is 0 Å². The summed E-state index contributed by atoms with van der Waals surface area (Å²) in [5.41, 5.74) is 3.57. The molecule has 0 saturated carbocycles. The van der Waals surface area contributed by atoms with E-state index >= 15 is 0 Å². The Kier molecular flexibility index (Phi) is 2.90. The number of hydrogen-bond acceptors (Lipinski definition) is 2. The third kappa shape index (κ3) is 1.80. The van der Waals surface area contributed by atoms with E-state index in [-0.39, 0.29) is 0 Å². The number of nitrogens with zero attached hydrogens (tertiary/aromatic N) is 2. The van der Waals surface area contributed by atoms with Crippen molar-refractivity contribution in [3.05, 3.63) is 35.7 Å². The number of fused-ring (bicyclic) bond motifs is 1. The van der Waals surface area contributed by atoms with Gasteiger partial charge in [-0.25, -0.2) is 9.97 Å². The van der Waals surface area contributed by atoms with Crippen molar-refractivity contribution < 1.29 is 0 Å². The molecule has 0 bridgehead atoms. The van der Waals surface area contributed by atoms with Crippen LogP contribution in [0.3, 0.4) is 0 Å². The van der Waals surface area contributed by atoms with Gasteiger partial charge in [-0.05, 0) is 35.1 Å². The minimum Gasteiger partial charge on any atom is -0.237 e. The maximum Gasteiger partial charge on any atom is 0.159 e. The Morgan fingerprint density at radius 1 is 0.812 bits per heavy atom. The molecule has 0 aliphatic heterocycles. The van der Waals surface area contributed by atoms with Crippen molar-refractivity contribution in [2.24, 2.45) is 0 Å². The second-order valence-corrected chi connectivity index (χ2v) is 4.81. The molecule has 2 nitrogen and oxygen atoms in total. The molecule has 0 saturated heterocycles. The first-order valence-electron chi connectivity index (χ1n) is 5.84. The smallest absolute Gasteiger partial charge is 0.159 e. The van der Waals surface area contributed by atoms with Crippen molar-refractivity contribution in [3.8, 4) is 0 Å². The van der Waals surface area contributed by atoms with Crippen LogP contribution < -0.4 is 0 Å². The maximum atomic E-state index is 4.36. The number of aromatic nitrogens is 2. The van der Waals surface area contributed by atoms with Crippen molar-refractivity contribution >= 4 is 11.0 Å². The van der Waals surface area contributed by atoms with Gasteiger partial charge in [-0.1, -0.05) is 27.7 Å². The fourth-order valence-corrected chi connectivity index (χ4v) is 2.09. The second kappa shape index (κ2) is 4.20. The SMILES string of the molecule is CC(C)c1ccnc2nccc(C(C)C)c12. The zero-order chi connectivity index (χ0) is 11.7. The number of rotatable bonds is 2. The van der Waals surface area contributed by atoms with Gasteiger partial charge in [0.1, 0.15) is 0 Å². The Morgan fingerprint density at radius 3 is 1.62 bits per heavy atom. The van der Waals surface area contributed by atoms with E-state index in [0.717, 1.165) is 5.65 Å². The van der Waals surface area contributed by atoms with Crippen LogP contribution in [0.15, 0.2) is 24.5 Å². The van der Waals surface area contributed by atoms with Crippen molar-refractivity contribution in [2.75, 3.05) is 0 Å². The Morgan fingerprint density at radius 2 is 1.25 bits per heavy atom. The van der Waals surface area contributed by atoms with Gasteiger partial charge >= 0.3 is 0 Å². The van der Waals surface area contributed by atoms with E-state index < -0.39 is 0 Å². The summed E-state index contributed by atoms with van der Waals surface area (Å²) in [7, 11) is 0. The molecule has 0 aromatic carbocycles. The molecule has 0 aliphatic carbocycles. The molecular weight excluding hydrogens is 196 g/mol. The topological polar surface area (TPSA) is 25.8 Å². The third-order valence-corrected chi connectivity index (χ3v) is 2.95. The minimum absolute atomic E-state index is 0.507. The summed E-state index contributed by atoms with van der Waals surface area (Å²) in [6.45, 7) is 8.86. The lowest BCUT2D eigenvalue weighted by Gasteiger charge is -2.14. The molecule has 0 fully saturated rings. The zero-order valence-corrected chi connectivity index (χ0v) is 10.4. The second-order valence-electron chi connectivity index (χ2n) is 4.81. The van der Waals surface area contributed by atoms with Crippen LogP contribution in [0.1, 0.15) is 50.7 Å². The Balaban J connectivity index is 2.82. The van der Waals surface area contributed by atoms with Crippen LogP contribution in [-0.2, 0) is 0 Å². The van der Waals surface area contributed by atoms with E-state index in [1.54, 1.807) is 0 Å². The van der Waals surface area contributed by atoms with Crippen LogP contribution >= 0.6 is 0 Å². The van der Waals surface area contributed by atoms with Crippen molar-refractivity contribution in [1.29, 1.82) is 0 Å². The molecule has 16 heavy (non-hydrogen) atoms. The lowest BCUT2D eigenvalue weighted by Crippen LogP contribution is -1.98. The average molecular weight is 214 g/mol. The molecule has 0 amide bonds. The molecule has 0 N–H and O–H groups in total. The van der Waals surface area contributed by atoms with Gasteiger partial charge < -0.3 is 0 Å². The fraction of sp³-hybridized carbons (Fsp3) is 0.429. The normalized spacial score (nSPS) is 11.6. The lowest BCUT2D eigenvalue weighted by molar-refractivity contribution is 0.849. The van der Waals surface area contributed by atoms with Gasteiger partial charge in [-0.15, -0.1) is 0 Å². The highest BCUT2D eigenvalue weighted by atomic mass is 14.8. The molecule has 2 heterocycles. The Hall–Kier alpha value is -1.44. The summed E-state index contributed by atoms with van der Waals surface area (Å²) in [6, 6.07) is 4.22. The van der Waals surface area contributed by atoms with Crippen LogP contribution in [0.4, 0.5) is 0 Å². The third-order valence-electron chi connectivity index (χ3n) is 2.95. The highest BCUT2D eigenvalue weighted by molar-refractivity contribution is 5.83. The molecule has 0 radical (unpaired) electrons. The minimum atomic E-state index is 0.507. The summed E-state index contributed by atoms with van der Waals surface area (Å²) < 4.78 is 0. The summed E-state index contributed by atoms with van der Waals surface area (Å²) in [6.07, 6.45) is 3.71. The van der Waals surface area contributed by atoms with Crippen molar-refractivity contribution in [3.63, 3.8) is 0 Å². The van der Waals surface area contributed by atoms with E-state index in [1.165, 1.54) is 16.5 Å². The molecular formula is C14H18N2. The van der Waals surface area contributed by atoms with Gasteiger partial charge in [0, 0.05) is 17.8 Å². The van der Waals surface area contributed by atoms with Crippen LogP contribution in [0.5, 0.6) is 0 Å². The monoisotopic (exact) mass is 214 g/mol. The molecule has 2 aromatic heterocycles. The van der Waals surface area contributed by atoms with Crippen molar-refractivity contribution in [2.45, 2.75) is 39.5 Å². The number of hydrogen-bond donors (Lipinski definition) is 0. The van der Waals surface area contributed by atoms with Crippen LogP contribution in [0.25, 0.3) is 11.0 Å². The standard InChI is InChI=1S/C14H18N2/c1-9(2)11-5-7-15-14-13(11)12(10(3)4)6-8-16-14/h5-10H,1-4H3. The predicted octanol–water partition coefficient (Wildman–Crippen LogP) is 3.88. The summed E-state index contributed by atoms with van der Waals surface area (Å²) in [5.74, 6) is 1.01. The molecule has 2 aromatic rings. The van der Waals surface area contributed by atoms with Crippen LogP contribution in [0.2, 0.25) is 0 Å². The average Bonchev–Trinajstić information content (AvgIpc) is 2.27. The number of pyridine rings is 2. The molecule has 0 atom stereocenters. The maximum absolute atomic E-state index is 4.36. The first kappa shape index (κ1) is 11.1. The highest BCUT2D eigenvalue weighted by Crippen LogP contribution is 2.29. The largest absolute Gasteiger partial charge is 0.237 e. The van der Waals surface area contributed by atoms with Gasteiger partial charge in [0.15, 0.2) is 5.65 Å². The molecule has 2 rings (SSSR count). The van der Waals surface area contributed by atoms with E-state index in [4.69, 9.17) is 0 Å². The molecule has 2 heteroatoms. The van der Waals surface area contributed by atoms with Gasteiger partial charge in [0.05, 0.1) is 0 Å². The highest BCUT2D eigenvalue weighted by Gasteiger charge is 2.12. The van der Waals surface area contributed by atoms with E-state index in [0.29, 0.717) is 11.8 Å². The summed E-state index contributed by atoms with van der Waals surface area (Å²) in [5, 5.41) is 1.25. The molecule has 0 unspecified atom stereocenters. The first-order valence-corrected chi connectivity index (χ1v) is 5.84. The van der Waals surface area contributed by atoms with E-state index in [1.807, 2.05) is 12.4 Å². The van der Waals surface area contributed by atoms with E-state index in [2.05, 4.69) is 49.8 Å². The van der Waals surface area contributed by atoms with Crippen molar-refractivity contribution in [1.82, 2.24) is 9.97 Å². The van der Waals surface area contributed by atoms with Crippen LogP contribution in [0, 0.1) is 0 Å². The van der Waals surface area contributed by atoms with Gasteiger partial charge in [0.25, 0.3) is 0 Å². The summed E-state index contributed by atoms with van der Waals surface area (Å²) >= 11 is 0.